The lowest BCUT2D eigenvalue weighted by Gasteiger charge is -2.16. The minimum absolute atomic E-state index is 0.0425. The normalized spacial score (nSPS) is 15.0. The highest BCUT2D eigenvalue weighted by Gasteiger charge is 2.15. The van der Waals surface area contributed by atoms with Gasteiger partial charge >= 0.3 is 0 Å². The molecule has 0 atom stereocenters. The Morgan fingerprint density at radius 3 is 2.73 bits per heavy atom. The molecule has 1 saturated heterocycles. The van der Waals surface area contributed by atoms with Gasteiger partial charge in [-0.2, -0.15) is 0 Å². The summed E-state index contributed by atoms with van der Waals surface area (Å²) in [5.74, 6) is 0.514. The van der Waals surface area contributed by atoms with Crippen LogP contribution >= 0.6 is 0 Å². The largest absolute Gasteiger partial charge is 0.493 e. The van der Waals surface area contributed by atoms with Crippen LogP contribution in [0.25, 0.3) is 0 Å². The molecule has 1 aromatic heterocycles. The molecule has 1 aliphatic heterocycles. The summed E-state index contributed by atoms with van der Waals surface area (Å²) < 4.78 is 24.6. The number of halogens is 1. The summed E-state index contributed by atoms with van der Waals surface area (Å²) in [4.78, 5) is 6.31. The van der Waals surface area contributed by atoms with Gasteiger partial charge in [0.15, 0.2) is 17.3 Å². The molecular formula is C17H19FN2O2. The van der Waals surface area contributed by atoms with Crippen LogP contribution in [-0.4, -0.2) is 30.1 Å². The zero-order chi connectivity index (χ0) is 15.4. The van der Waals surface area contributed by atoms with E-state index in [1.165, 1.54) is 31.2 Å². The molecule has 0 aliphatic carbocycles. The first-order valence-electron chi connectivity index (χ1n) is 7.44. The van der Waals surface area contributed by atoms with Crippen molar-refractivity contribution in [1.82, 2.24) is 9.88 Å². The second-order valence-electron chi connectivity index (χ2n) is 5.36. The first kappa shape index (κ1) is 14.8. The number of pyridine rings is 1. The molecule has 2 aromatic rings. The van der Waals surface area contributed by atoms with Crippen LogP contribution in [0, 0.1) is 5.82 Å². The Morgan fingerprint density at radius 2 is 2.00 bits per heavy atom. The van der Waals surface area contributed by atoms with Crippen LogP contribution < -0.4 is 9.47 Å². The van der Waals surface area contributed by atoms with E-state index >= 15 is 0 Å². The molecule has 3 rings (SSSR count). The molecule has 0 bridgehead atoms. The Bertz CT molecular complexity index is 642. The third-order valence-corrected chi connectivity index (χ3v) is 3.76. The molecule has 0 N–H and O–H groups in total. The zero-order valence-corrected chi connectivity index (χ0v) is 12.6. The number of hydrogen-bond donors (Lipinski definition) is 0. The Kier molecular flexibility index (Phi) is 4.53. The Labute approximate surface area is 129 Å². The highest BCUT2D eigenvalue weighted by atomic mass is 19.1. The van der Waals surface area contributed by atoms with Crippen molar-refractivity contribution in [2.75, 3.05) is 20.2 Å². The van der Waals surface area contributed by atoms with Crippen molar-refractivity contribution in [3.8, 4) is 17.4 Å². The van der Waals surface area contributed by atoms with E-state index < -0.39 is 5.82 Å². The second kappa shape index (κ2) is 6.75. The van der Waals surface area contributed by atoms with Crippen LogP contribution in [0.1, 0.15) is 18.4 Å². The van der Waals surface area contributed by atoms with Crippen molar-refractivity contribution >= 4 is 0 Å². The number of benzene rings is 1. The van der Waals surface area contributed by atoms with Gasteiger partial charge in [0.05, 0.1) is 7.11 Å². The van der Waals surface area contributed by atoms with Crippen LogP contribution in [0.15, 0.2) is 36.5 Å². The van der Waals surface area contributed by atoms with E-state index in [1.807, 2.05) is 18.2 Å². The Balaban J connectivity index is 1.82. The second-order valence-corrected chi connectivity index (χ2v) is 5.36. The fraction of sp³-hybridized carbons (Fsp3) is 0.353. The zero-order valence-electron chi connectivity index (χ0n) is 12.6. The number of nitrogens with zero attached hydrogens (tertiary/aromatic N) is 2. The average molecular weight is 302 g/mol. The predicted molar refractivity (Wildman–Crippen MR) is 81.8 cm³/mol. The predicted octanol–water partition coefficient (Wildman–Crippen LogP) is 3.62. The molecule has 4 nitrogen and oxygen atoms in total. The van der Waals surface area contributed by atoms with Crippen molar-refractivity contribution < 1.29 is 13.9 Å². The van der Waals surface area contributed by atoms with Crippen molar-refractivity contribution in [3.05, 3.63) is 47.9 Å². The molecule has 22 heavy (non-hydrogen) atoms. The standard InChI is InChI=1S/C17H19FN2O2/c1-21-15-7-6-13(12-20-9-2-3-10-20)11-16(15)22-17-14(18)5-4-8-19-17/h4-8,11H,2-3,9-10,12H2,1H3. The number of methoxy groups -OCH3 is 1. The highest BCUT2D eigenvalue weighted by Crippen LogP contribution is 2.33. The van der Waals surface area contributed by atoms with Gasteiger partial charge in [0.25, 0.3) is 5.88 Å². The van der Waals surface area contributed by atoms with Gasteiger partial charge in [0.1, 0.15) is 0 Å². The van der Waals surface area contributed by atoms with Crippen LogP contribution in [0.4, 0.5) is 4.39 Å². The third-order valence-electron chi connectivity index (χ3n) is 3.76. The molecule has 5 heteroatoms. The molecule has 1 fully saturated rings. The summed E-state index contributed by atoms with van der Waals surface area (Å²) >= 11 is 0. The maximum Gasteiger partial charge on any atom is 0.255 e. The van der Waals surface area contributed by atoms with Crippen molar-refractivity contribution in [3.63, 3.8) is 0 Å². The van der Waals surface area contributed by atoms with Gasteiger partial charge in [-0.25, -0.2) is 9.37 Å². The third kappa shape index (κ3) is 3.36. The van der Waals surface area contributed by atoms with Crippen molar-refractivity contribution in [2.24, 2.45) is 0 Å². The summed E-state index contributed by atoms with van der Waals surface area (Å²) in [6.07, 6.45) is 4.00. The quantitative estimate of drug-likeness (QED) is 0.845. The molecule has 2 heterocycles. The van der Waals surface area contributed by atoms with Crippen LogP contribution in [0.5, 0.6) is 17.4 Å². The van der Waals surface area contributed by atoms with Crippen LogP contribution in [-0.2, 0) is 6.54 Å². The molecule has 0 amide bonds. The van der Waals surface area contributed by atoms with Crippen molar-refractivity contribution in [1.29, 1.82) is 0 Å². The van der Waals surface area contributed by atoms with Gasteiger partial charge in [-0.3, -0.25) is 4.90 Å². The van der Waals surface area contributed by atoms with Gasteiger partial charge in [0.2, 0.25) is 0 Å². The van der Waals surface area contributed by atoms with Gasteiger partial charge in [-0.05, 0) is 55.8 Å². The van der Waals surface area contributed by atoms with E-state index in [-0.39, 0.29) is 5.88 Å². The van der Waals surface area contributed by atoms with Gasteiger partial charge in [-0.1, -0.05) is 6.07 Å². The topological polar surface area (TPSA) is 34.6 Å². The SMILES string of the molecule is COc1ccc(CN2CCCC2)cc1Oc1ncccc1F. The number of aromatic nitrogens is 1. The first-order chi connectivity index (χ1) is 10.8. The summed E-state index contributed by atoms with van der Waals surface area (Å²) in [6, 6.07) is 8.61. The lowest BCUT2D eigenvalue weighted by atomic mass is 10.2. The molecular weight excluding hydrogens is 283 g/mol. The summed E-state index contributed by atoms with van der Waals surface area (Å²) in [5.41, 5.74) is 1.12. The Morgan fingerprint density at radius 1 is 1.18 bits per heavy atom. The monoisotopic (exact) mass is 302 g/mol. The van der Waals surface area contributed by atoms with E-state index in [9.17, 15) is 4.39 Å². The fourth-order valence-electron chi connectivity index (χ4n) is 2.65. The van der Waals surface area contributed by atoms with E-state index in [1.54, 1.807) is 7.11 Å². The lowest BCUT2D eigenvalue weighted by molar-refractivity contribution is 0.328. The van der Waals surface area contributed by atoms with Gasteiger partial charge < -0.3 is 9.47 Å². The number of likely N-dealkylation sites (tertiary alicyclic amines) is 1. The van der Waals surface area contributed by atoms with E-state index in [0.717, 1.165) is 25.2 Å². The van der Waals surface area contributed by atoms with E-state index in [4.69, 9.17) is 9.47 Å². The van der Waals surface area contributed by atoms with Crippen LogP contribution in [0.3, 0.4) is 0 Å². The molecule has 0 saturated carbocycles. The molecule has 1 aliphatic rings. The van der Waals surface area contributed by atoms with E-state index in [0.29, 0.717) is 11.5 Å². The smallest absolute Gasteiger partial charge is 0.255 e. The van der Waals surface area contributed by atoms with Crippen LogP contribution in [0.2, 0.25) is 0 Å². The van der Waals surface area contributed by atoms with E-state index in [2.05, 4.69) is 9.88 Å². The summed E-state index contributed by atoms with van der Waals surface area (Å²) in [7, 11) is 1.57. The highest BCUT2D eigenvalue weighted by molar-refractivity contribution is 5.44. The Hall–Kier alpha value is -2.14. The minimum Gasteiger partial charge on any atom is -0.493 e. The first-order valence-corrected chi connectivity index (χ1v) is 7.44. The number of hydrogen-bond acceptors (Lipinski definition) is 4. The molecule has 1 aromatic carbocycles. The van der Waals surface area contributed by atoms with Crippen molar-refractivity contribution in [2.45, 2.75) is 19.4 Å². The fourth-order valence-corrected chi connectivity index (χ4v) is 2.65. The summed E-state index contributed by atoms with van der Waals surface area (Å²) in [6.45, 7) is 3.11. The average Bonchev–Trinajstić information content (AvgIpc) is 3.03. The number of ether oxygens (including phenoxy) is 2. The number of rotatable bonds is 5. The molecule has 0 spiro atoms. The molecule has 0 unspecified atom stereocenters. The lowest BCUT2D eigenvalue weighted by Crippen LogP contribution is -2.18. The minimum atomic E-state index is -0.491. The summed E-state index contributed by atoms with van der Waals surface area (Å²) in [5, 5.41) is 0. The van der Waals surface area contributed by atoms with Gasteiger partial charge in [0, 0.05) is 12.7 Å². The maximum atomic E-state index is 13.7. The maximum absolute atomic E-state index is 13.7. The molecule has 116 valence electrons. The molecule has 0 radical (unpaired) electrons. The van der Waals surface area contributed by atoms with Gasteiger partial charge in [-0.15, -0.1) is 0 Å².